The molecular formula is C12H17NO3SSi. The molecule has 0 aliphatic carbocycles. The molecular weight excluding hydrogens is 266 g/mol. The Morgan fingerprint density at radius 1 is 1.33 bits per heavy atom. The monoisotopic (exact) mass is 283 g/mol. The minimum Gasteiger partial charge on any atom is -0.264 e. The van der Waals surface area contributed by atoms with Crippen LogP contribution < -0.4 is 0 Å². The van der Waals surface area contributed by atoms with Gasteiger partial charge in [0.1, 0.15) is 14.7 Å². The molecule has 0 aromatic carbocycles. The second-order valence-electron chi connectivity index (χ2n) is 5.00. The standard InChI is InChI=1S/C12H17NO3SSi/c1-17(14,15)16-10-12-6-5-11(9-13-12)7-8-18(2,3)4/h5-6,9H,10H2,1-4H3. The Hall–Kier alpha value is -1.16. The lowest BCUT2D eigenvalue weighted by Crippen LogP contribution is -2.16. The van der Waals surface area contributed by atoms with E-state index in [1.807, 2.05) is 6.07 Å². The molecule has 0 bridgehead atoms. The molecule has 98 valence electrons. The molecule has 0 N–H and O–H groups in total. The molecule has 0 unspecified atom stereocenters. The largest absolute Gasteiger partial charge is 0.264 e. The summed E-state index contributed by atoms with van der Waals surface area (Å²) in [5.41, 5.74) is 4.64. The third-order valence-electron chi connectivity index (χ3n) is 1.83. The molecule has 0 aliphatic heterocycles. The maximum atomic E-state index is 10.8. The zero-order valence-electron chi connectivity index (χ0n) is 11.0. The van der Waals surface area contributed by atoms with Crippen LogP contribution in [0.5, 0.6) is 0 Å². The van der Waals surface area contributed by atoms with E-state index in [1.165, 1.54) is 0 Å². The molecule has 6 heteroatoms. The van der Waals surface area contributed by atoms with E-state index in [9.17, 15) is 8.42 Å². The van der Waals surface area contributed by atoms with Gasteiger partial charge in [-0.1, -0.05) is 25.6 Å². The second-order valence-corrected chi connectivity index (χ2v) is 11.4. The van der Waals surface area contributed by atoms with Crippen molar-refractivity contribution in [2.24, 2.45) is 0 Å². The highest BCUT2D eigenvalue weighted by Crippen LogP contribution is 2.04. The molecule has 1 heterocycles. The summed E-state index contributed by atoms with van der Waals surface area (Å²) in [6, 6.07) is 3.54. The highest BCUT2D eigenvalue weighted by molar-refractivity contribution is 7.85. The molecule has 0 spiro atoms. The fourth-order valence-corrected chi connectivity index (χ4v) is 1.87. The minimum absolute atomic E-state index is 0.0411. The molecule has 1 rings (SSSR count). The van der Waals surface area contributed by atoms with Crippen LogP contribution in [0.1, 0.15) is 11.3 Å². The Bertz CT molecular complexity index is 562. The Morgan fingerprint density at radius 2 is 2.00 bits per heavy atom. The zero-order chi connectivity index (χ0) is 13.8. The lowest BCUT2D eigenvalue weighted by atomic mass is 10.3. The molecule has 0 amide bonds. The smallest absolute Gasteiger partial charge is 0.264 e. The Kier molecular flexibility index (Phi) is 4.68. The Balaban J connectivity index is 2.71. The van der Waals surface area contributed by atoms with Gasteiger partial charge in [-0.3, -0.25) is 9.17 Å². The van der Waals surface area contributed by atoms with E-state index in [-0.39, 0.29) is 6.61 Å². The summed E-state index contributed by atoms with van der Waals surface area (Å²) >= 11 is 0. The van der Waals surface area contributed by atoms with Crippen molar-refractivity contribution >= 4 is 18.2 Å². The Morgan fingerprint density at radius 3 is 2.44 bits per heavy atom. The average molecular weight is 283 g/mol. The van der Waals surface area contributed by atoms with Gasteiger partial charge in [0.15, 0.2) is 0 Å². The number of nitrogens with zero attached hydrogens (tertiary/aromatic N) is 1. The van der Waals surface area contributed by atoms with Crippen molar-refractivity contribution in [1.29, 1.82) is 0 Å². The van der Waals surface area contributed by atoms with Gasteiger partial charge in [0.05, 0.1) is 11.9 Å². The van der Waals surface area contributed by atoms with Crippen LogP contribution in [0.15, 0.2) is 18.3 Å². The van der Waals surface area contributed by atoms with Crippen LogP contribution in [0.4, 0.5) is 0 Å². The first kappa shape index (κ1) is 14.9. The van der Waals surface area contributed by atoms with Gasteiger partial charge in [0.25, 0.3) is 10.1 Å². The van der Waals surface area contributed by atoms with Gasteiger partial charge in [0.2, 0.25) is 0 Å². The molecule has 0 radical (unpaired) electrons. The van der Waals surface area contributed by atoms with E-state index in [1.54, 1.807) is 12.3 Å². The van der Waals surface area contributed by atoms with Crippen LogP contribution in [0, 0.1) is 11.5 Å². The summed E-state index contributed by atoms with van der Waals surface area (Å²) in [6.45, 7) is 6.46. The number of aromatic nitrogens is 1. The van der Waals surface area contributed by atoms with Gasteiger partial charge in [-0.15, -0.1) is 5.54 Å². The molecule has 1 aromatic rings. The highest BCUT2D eigenvalue weighted by Gasteiger charge is 2.07. The predicted molar refractivity (Wildman–Crippen MR) is 74.1 cm³/mol. The average Bonchev–Trinajstić information content (AvgIpc) is 2.23. The first-order chi connectivity index (χ1) is 8.16. The first-order valence-electron chi connectivity index (χ1n) is 5.48. The molecule has 0 saturated carbocycles. The van der Waals surface area contributed by atoms with E-state index in [0.717, 1.165) is 11.8 Å². The van der Waals surface area contributed by atoms with Crippen LogP contribution >= 0.6 is 0 Å². The number of hydrogen-bond acceptors (Lipinski definition) is 4. The molecule has 0 saturated heterocycles. The zero-order valence-corrected chi connectivity index (χ0v) is 12.8. The van der Waals surface area contributed by atoms with Crippen LogP contribution in [0.2, 0.25) is 19.6 Å². The Labute approximate surface area is 110 Å². The van der Waals surface area contributed by atoms with Gasteiger partial charge in [-0.05, 0) is 12.1 Å². The fourth-order valence-electron chi connectivity index (χ4n) is 1.01. The summed E-state index contributed by atoms with van der Waals surface area (Å²) < 4.78 is 26.3. The lowest BCUT2D eigenvalue weighted by Gasteiger charge is -2.03. The van der Waals surface area contributed by atoms with Gasteiger partial charge < -0.3 is 0 Å². The minimum atomic E-state index is -3.42. The molecule has 1 aromatic heterocycles. The third kappa shape index (κ3) is 6.54. The maximum Gasteiger partial charge on any atom is 0.264 e. The van der Waals surface area contributed by atoms with Crippen LogP contribution in [-0.4, -0.2) is 27.7 Å². The summed E-state index contributed by atoms with van der Waals surface area (Å²) in [5, 5.41) is 0. The van der Waals surface area contributed by atoms with Crippen LogP contribution in [-0.2, 0) is 20.9 Å². The van der Waals surface area contributed by atoms with E-state index >= 15 is 0 Å². The highest BCUT2D eigenvalue weighted by atomic mass is 32.2. The fraction of sp³-hybridized carbons (Fsp3) is 0.417. The molecule has 4 nitrogen and oxygen atoms in total. The summed E-state index contributed by atoms with van der Waals surface area (Å²) in [7, 11) is -4.81. The van der Waals surface area contributed by atoms with Crippen molar-refractivity contribution in [2.45, 2.75) is 26.2 Å². The van der Waals surface area contributed by atoms with Gasteiger partial charge in [0, 0.05) is 11.8 Å². The van der Waals surface area contributed by atoms with Crippen molar-refractivity contribution in [2.75, 3.05) is 6.26 Å². The van der Waals surface area contributed by atoms with Crippen molar-refractivity contribution in [3.05, 3.63) is 29.6 Å². The maximum absolute atomic E-state index is 10.8. The lowest BCUT2D eigenvalue weighted by molar-refractivity contribution is 0.307. The van der Waals surface area contributed by atoms with Gasteiger partial charge in [-0.2, -0.15) is 8.42 Å². The summed E-state index contributed by atoms with van der Waals surface area (Å²) in [5.74, 6) is 3.07. The molecule has 0 aliphatic rings. The third-order valence-corrected chi connectivity index (χ3v) is 3.25. The van der Waals surface area contributed by atoms with E-state index in [2.05, 4.69) is 40.3 Å². The van der Waals surface area contributed by atoms with Crippen LogP contribution in [0.25, 0.3) is 0 Å². The van der Waals surface area contributed by atoms with Gasteiger partial charge in [-0.25, -0.2) is 0 Å². The van der Waals surface area contributed by atoms with E-state index in [4.69, 9.17) is 0 Å². The quantitative estimate of drug-likeness (QED) is 0.482. The molecule has 18 heavy (non-hydrogen) atoms. The first-order valence-corrected chi connectivity index (χ1v) is 10.8. The predicted octanol–water partition coefficient (Wildman–Crippen LogP) is 1.79. The van der Waals surface area contributed by atoms with Crippen molar-refractivity contribution in [3.8, 4) is 11.5 Å². The number of hydrogen-bond donors (Lipinski definition) is 0. The normalized spacial score (nSPS) is 11.8. The van der Waals surface area contributed by atoms with E-state index in [0.29, 0.717) is 5.69 Å². The van der Waals surface area contributed by atoms with E-state index < -0.39 is 18.2 Å². The molecule has 0 fully saturated rings. The van der Waals surface area contributed by atoms with Crippen molar-refractivity contribution < 1.29 is 12.6 Å². The number of rotatable bonds is 3. The second kappa shape index (κ2) is 5.65. The summed E-state index contributed by atoms with van der Waals surface area (Å²) in [6.07, 6.45) is 2.65. The van der Waals surface area contributed by atoms with Crippen LogP contribution in [0.3, 0.4) is 0 Å². The topological polar surface area (TPSA) is 56.3 Å². The number of pyridine rings is 1. The van der Waals surface area contributed by atoms with Gasteiger partial charge >= 0.3 is 0 Å². The summed E-state index contributed by atoms with van der Waals surface area (Å²) in [4.78, 5) is 4.11. The molecule has 0 atom stereocenters. The van der Waals surface area contributed by atoms with Crippen molar-refractivity contribution in [3.63, 3.8) is 0 Å². The van der Waals surface area contributed by atoms with Crippen molar-refractivity contribution in [1.82, 2.24) is 4.98 Å². The SMILES string of the molecule is C[Si](C)(C)C#Cc1ccc(COS(C)(=O)=O)nc1.